The monoisotopic (exact) mass is 314 g/mol. The van der Waals surface area contributed by atoms with Gasteiger partial charge in [0.2, 0.25) is 0 Å². The lowest BCUT2D eigenvalue weighted by Gasteiger charge is -2.27. The molecule has 1 aromatic rings. The molecule has 0 fully saturated rings. The molecule has 0 radical (unpaired) electrons. The van der Waals surface area contributed by atoms with Crippen LogP contribution in [0.5, 0.6) is 5.75 Å². The number of benzene rings is 1. The number of non-ortho nitro benzene ring substituents is 1. The van der Waals surface area contributed by atoms with Crippen molar-refractivity contribution in [3.05, 3.63) is 42.5 Å². The van der Waals surface area contributed by atoms with Crippen molar-refractivity contribution in [2.24, 2.45) is 5.41 Å². The zero-order valence-corrected chi connectivity index (χ0v) is 11.7. The van der Waals surface area contributed by atoms with Gasteiger partial charge in [0.25, 0.3) is 11.4 Å². The van der Waals surface area contributed by atoms with Crippen LogP contribution in [0, 0.1) is 35.8 Å². The molecule has 0 bridgehead atoms. The Labute approximate surface area is 123 Å². The first-order valence-electron chi connectivity index (χ1n) is 5.91. The van der Waals surface area contributed by atoms with Crippen molar-refractivity contribution in [3.8, 4) is 5.75 Å². The third-order valence-electron chi connectivity index (χ3n) is 2.64. The molecular weight excluding hydrogens is 302 g/mol. The van der Waals surface area contributed by atoms with E-state index in [1.807, 2.05) is 0 Å². The molecule has 0 aromatic heterocycles. The van der Waals surface area contributed by atoms with Crippen LogP contribution >= 0.6 is 0 Å². The summed E-state index contributed by atoms with van der Waals surface area (Å²) in [6.07, 6.45) is 0. The van der Waals surface area contributed by atoms with E-state index in [2.05, 4.69) is 0 Å². The van der Waals surface area contributed by atoms with Gasteiger partial charge in [0.1, 0.15) is 0 Å². The Morgan fingerprint density at radius 1 is 1.00 bits per heavy atom. The number of hydrogen-bond donors (Lipinski definition) is 0. The van der Waals surface area contributed by atoms with Gasteiger partial charge >= 0.3 is 11.4 Å². The van der Waals surface area contributed by atoms with Crippen molar-refractivity contribution in [2.75, 3.05) is 13.2 Å². The molecule has 0 unspecified atom stereocenters. The molecule has 0 aliphatic carbocycles. The lowest BCUT2D eigenvalue weighted by Crippen LogP contribution is -2.32. The molecule has 11 heteroatoms. The molecule has 0 aliphatic heterocycles. The fourth-order valence-electron chi connectivity index (χ4n) is 1.42. The van der Waals surface area contributed by atoms with Crippen molar-refractivity contribution >= 4 is 17.1 Å². The van der Waals surface area contributed by atoms with Crippen LogP contribution in [0.4, 0.5) is 17.1 Å². The molecule has 0 amide bonds. The summed E-state index contributed by atoms with van der Waals surface area (Å²) in [6, 6.07) is 1.15. The number of rotatable bonds is 7. The quantitative estimate of drug-likeness (QED) is 0.535. The van der Waals surface area contributed by atoms with Crippen molar-refractivity contribution in [3.63, 3.8) is 0 Å². The van der Waals surface area contributed by atoms with Crippen LogP contribution in [-0.4, -0.2) is 28.0 Å². The second-order valence-electron chi connectivity index (χ2n) is 5.18. The summed E-state index contributed by atoms with van der Waals surface area (Å²) in [5.74, 6) is -0.706. The highest BCUT2D eigenvalue weighted by Gasteiger charge is 2.33. The van der Waals surface area contributed by atoms with Crippen molar-refractivity contribution < 1.29 is 24.6 Å². The van der Waals surface area contributed by atoms with Crippen molar-refractivity contribution in [1.29, 1.82) is 0 Å². The predicted molar refractivity (Wildman–Crippen MR) is 70.5 cm³/mol. The van der Waals surface area contributed by atoms with Crippen LogP contribution in [0.1, 0.15) is 13.8 Å². The highest BCUT2D eigenvalue weighted by atomic mass is 16.6. The van der Waals surface area contributed by atoms with Gasteiger partial charge in [-0.25, -0.2) is 0 Å². The number of ether oxygens (including phenoxy) is 1. The standard InChI is InChI=1S/C11H12N3O8/c1-11(2,5-15)6-22-10-8(13(18)19)3-7(12(16)17)4-9(10)14(20)21/h3-4H,5-6H2,1-2H3/q-1. The minimum Gasteiger partial charge on any atom is -0.854 e. The first-order valence-corrected chi connectivity index (χ1v) is 5.91. The van der Waals surface area contributed by atoms with Gasteiger partial charge in [0.05, 0.1) is 33.5 Å². The van der Waals surface area contributed by atoms with Gasteiger partial charge in [0, 0.05) is 0 Å². The normalized spacial score (nSPS) is 11.0. The minimum atomic E-state index is -1.01. The zero-order valence-electron chi connectivity index (χ0n) is 11.7. The van der Waals surface area contributed by atoms with E-state index in [1.165, 1.54) is 13.8 Å². The molecule has 22 heavy (non-hydrogen) atoms. The average molecular weight is 314 g/mol. The third kappa shape index (κ3) is 3.85. The van der Waals surface area contributed by atoms with Gasteiger partial charge in [-0.1, -0.05) is 13.8 Å². The number of nitrogens with zero attached hydrogens (tertiary/aromatic N) is 3. The Morgan fingerprint density at radius 3 is 1.77 bits per heavy atom. The molecule has 11 nitrogen and oxygen atoms in total. The van der Waals surface area contributed by atoms with E-state index in [0.29, 0.717) is 12.1 Å². The van der Waals surface area contributed by atoms with Gasteiger partial charge in [-0.05, 0) is 5.41 Å². The number of nitro benzene ring substituents is 3. The van der Waals surface area contributed by atoms with Crippen LogP contribution in [-0.2, 0) is 0 Å². The Bertz CT molecular complexity index is 593. The van der Waals surface area contributed by atoms with Crippen LogP contribution in [0.2, 0.25) is 0 Å². The van der Waals surface area contributed by atoms with Gasteiger partial charge < -0.3 is 9.84 Å². The lowest BCUT2D eigenvalue weighted by molar-refractivity contribution is -0.405. The molecule has 1 rings (SSSR count). The van der Waals surface area contributed by atoms with Crippen LogP contribution < -0.4 is 9.84 Å². The summed E-state index contributed by atoms with van der Waals surface area (Å²) in [4.78, 5) is 29.7. The van der Waals surface area contributed by atoms with E-state index in [4.69, 9.17) is 4.74 Å². The first-order chi connectivity index (χ1) is 10.1. The van der Waals surface area contributed by atoms with E-state index in [9.17, 15) is 35.4 Å². The van der Waals surface area contributed by atoms with E-state index >= 15 is 0 Å². The van der Waals surface area contributed by atoms with E-state index in [-0.39, 0.29) is 6.61 Å². The molecule has 0 N–H and O–H groups in total. The maximum atomic E-state index is 11.0. The van der Waals surface area contributed by atoms with Crippen molar-refractivity contribution in [2.45, 2.75) is 13.8 Å². The lowest BCUT2D eigenvalue weighted by atomic mass is 9.96. The van der Waals surface area contributed by atoms with Gasteiger partial charge in [-0.15, -0.1) is 6.61 Å². The molecule has 0 aliphatic rings. The maximum absolute atomic E-state index is 11.0. The van der Waals surface area contributed by atoms with Crippen LogP contribution in [0.3, 0.4) is 0 Å². The van der Waals surface area contributed by atoms with E-state index in [0.717, 1.165) is 0 Å². The number of nitro groups is 3. The Hall–Kier alpha value is -2.82. The highest BCUT2D eigenvalue weighted by molar-refractivity contribution is 5.65. The second kappa shape index (κ2) is 6.30. The minimum absolute atomic E-state index is 0.310. The topological polar surface area (TPSA) is 162 Å². The molecule has 1 aromatic carbocycles. The Balaban J connectivity index is 3.42. The highest BCUT2D eigenvalue weighted by Crippen LogP contribution is 2.41. The smallest absolute Gasteiger partial charge is 0.325 e. The Morgan fingerprint density at radius 2 is 1.45 bits per heavy atom. The molecule has 0 heterocycles. The van der Waals surface area contributed by atoms with Crippen LogP contribution in [0.15, 0.2) is 12.1 Å². The molecule has 120 valence electrons. The first kappa shape index (κ1) is 17.2. The second-order valence-corrected chi connectivity index (χ2v) is 5.18. The molecule has 0 saturated heterocycles. The summed E-state index contributed by atoms with van der Waals surface area (Å²) in [7, 11) is 0. The van der Waals surface area contributed by atoms with Gasteiger partial charge in [-0.2, -0.15) is 0 Å². The van der Waals surface area contributed by atoms with Crippen molar-refractivity contribution in [1.82, 2.24) is 0 Å². The number of hydrogen-bond acceptors (Lipinski definition) is 8. The summed E-state index contributed by atoms with van der Waals surface area (Å²) in [5, 5.41) is 43.6. The summed E-state index contributed by atoms with van der Waals surface area (Å²) in [5.41, 5.74) is -3.51. The summed E-state index contributed by atoms with van der Waals surface area (Å²) in [6.45, 7) is 2.16. The van der Waals surface area contributed by atoms with E-state index < -0.39 is 49.6 Å². The SMILES string of the molecule is CC(C)(C[O-])COc1c([N+](=O)[O-])cc([N+](=O)[O-])cc1[N+](=O)[O-]. The predicted octanol–water partition coefficient (Wildman–Crippen LogP) is 1.18. The fraction of sp³-hybridized carbons (Fsp3) is 0.455. The van der Waals surface area contributed by atoms with Crippen LogP contribution in [0.25, 0.3) is 0 Å². The Kier molecular flexibility index (Phi) is 4.94. The molecular formula is C11H12N3O8-. The fourth-order valence-corrected chi connectivity index (χ4v) is 1.42. The van der Waals surface area contributed by atoms with Gasteiger partial charge in [0.15, 0.2) is 0 Å². The maximum Gasteiger partial charge on any atom is 0.325 e. The van der Waals surface area contributed by atoms with E-state index in [1.54, 1.807) is 0 Å². The molecule has 0 saturated carbocycles. The van der Waals surface area contributed by atoms with Gasteiger partial charge in [-0.3, -0.25) is 30.3 Å². The third-order valence-corrected chi connectivity index (χ3v) is 2.64. The summed E-state index contributed by atoms with van der Waals surface area (Å²) < 4.78 is 5.08. The average Bonchev–Trinajstić information content (AvgIpc) is 2.43. The largest absolute Gasteiger partial charge is 0.854 e. The summed E-state index contributed by atoms with van der Waals surface area (Å²) >= 11 is 0. The molecule has 0 spiro atoms. The molecule has 0 atom stereocenters. The zero-order chi connectivity index (χ0) is 17.1.